The van der Waals surface area contributed by atoms with E-state index in [4.69, 9.17) is 5.73 Å². The van der Waals surface area contributed by atoms with Crippen molar-refractivity contribution in [3.05, 3.63) is 144 Å². The van der Waals surface area contributed by atoms with E-state index in [0.717, 1.165) is 51.6 Å². The highest BCUT2D eigenvalue weighted by Gasteiger charge is 2.00. The van der Waals surface area contributed by atoms with E-state index in [1.165, 1.54) is 35.1 Å². The molecule has 3 N–H and O–H groups in total. The van der Waals surface area contributed by atoms with Crippen molar-refractivity contribution in [3.8, 4) is 0 Å². The van der Waals surface area contributed by atoms with Crippen LogP contribution in [0.3, 0.4) is 0 Å². The zero-order valence-corrected chi connectivity index (χ0v) is 25.1. The molecule has 0 fully saturated rings. The molecule has 0 spiro atoms. The van der Waals surface area contributed by atoms with Crippen molar-refractivity contribution in [2.45, 2.75) is 38.5 Å². The van der Waals surface area contributed by atoms with Gasteiger partial charge in [0, 0.05) is 0 Å². The van der Waals surface area contributed by atoms with E-state index in [-0.39, 0.29) is 6.61 Å². The van der Waals surface area contributed by atoms with E-state index in [0.29, 0.717) is 0 Å². The molecule has 220 valence electrons. The van der Waals surface area contributed by atoms with Crippen LogP contribution < -0.4 is 11.1 Å². The van der Waals surface area contributed by atoms with Crippen molar-refractivity contribution in [3.63, 3.8) is 0 Å². The Labute approximate surface area is 247 Å². The monoisotopic (exact) mass is 574 g/mol. The average Bonchev–Trinajstić information content (AvgIpc) is 3.00. The minimum absolute atomic E-state index is 0.258. The minimum atomic E-state index is -3.28. The number of hydrogen-bond acceptors (Lipinski definition) is 5. The molecule has 41 heavy (non-hydrogen) atoms. The fourth-order valence-electron chi connectivity index (χ4n) is 4.01. The standard InChI is InChI=1S/C17H21N.C10H14O3S.C8H11N/c1-3-8-16(9-4-1)12-7-14-18-15-13-17-10-5-2-6-11-17;1-14(11,12)13-9-5-8-10-6-3-2-4-7-10;9-7-6-8-4-2-1-3-5-8/h1-6,8-11,18H,7,12-15H2;2-4,6-7H,5,8-9H2,1H3;1-5H,6-7,9H2. The summed E-state index contributed by atoms with van der Waals surface area (Å²) in [5.41, 5.74) is 10.7. The smallest absolute Gasteiger partial charge is 0.264 e. The number of benzene rings is 4. The van der Waals surface area contributed by atoms with Crippen LogP contribution in [-0.4, -0.2) is 40.9 Å². The fraction of sp³-hybridized carbons (Fsp3) is 0.314. The third kappa shape index (κ3) is 18.6. The summed E-state index contributed by atoms with van der Waals surface area (Å²) in [6.45, 7) is 3.16. The molecular weight excluding hydrogens is 528 g/mol. The maximum Gasteiger partial charge on any atom is 0.264 e. The molecule has 0 aliphatic carbocycles. The van der Waals surface area contributed by atoms with Crippen LogP contribution in [0, 0.1) is 0 Å². The van der Waals surface area contributed by atoms with Gasteiger partial charge in [0.15, 0.2) is 0 Å². The van der Waals surface area contributed by atoms with Crippen molar-refractivity contribution >= 4 is 10.1 Å². The number of nitrogens with one attached hydrogen (secondary N) is 1. The average molecular weight is 575 g/mol. The Morgan fingerprint density at radius 1 is 0.561 bits per heavy atom. The van der Waals surface area contributed by atoms with Crippen molar-refractivity contribution in [2.75, 3.05) is 32.5 Å². The van der Waals surface area contributed by atoms with Crippen molar-refractivity contribution in [1.29, 1.82) is 0 Å². The molecule has 0 unspecified atom stereocenters. The lowest BCUT2D eigenvalue weighted by molar-refractivity contribution is 0.316. The van der Waals surface area contributed by atoms with Crippen LogP contribution in [0.4, 0.5) is 0 Å². The van der Waals surface area contributed by atoms with Gasteiger partial charge in [0.1, 0.15) is 0 Å². The van der Waals surface area contributed by atoms with Gasteiger partial charge in [0.05, 0.1) is 12.9 Å². The summed E-state index contributed by atoms with van der Waals surface area (Å²) < 4.78 is 25.9. The Hall–Kier alpha value is -3.29. The van der Waals surface area contributed by atoms with Gasteiger partial charge in [-0.25, -0.2) is 0 Å². The van der Waals surface area contributed by atoms with Gasteiger partial charge in [-0.1, -0.05) is 121 Å². The van der Waals surface area contributed by atoms with Crippen molar-refractivity contribution in [1.82, 2.24) is 5.32 Å². The van der Waals surface area contributed by atoms with Crippen LogP contribution in [0.5, 0.6) is 0 Å². The summed E-state index contributed by atoms with van der Waals surface area (Å²) in [6, 6.07) is 41.5. The van der Waals surface area contributed by atoms with Crippen LogP contribution in [0.15, 0.2) is 121 Å². The highest BCUT2D eigenvalue weighted by Crippen LogP contribution is 2.04. The first-order chi connectivity index (χ1) is 20.0. The molecule has 0 saturated carbocycles. The molecule has 0 aliphatic rings. The second kappa shape index (κ2) is 21.5. The van der Waals surface area contributed by atoms with Gasteiger partial charge in [0.25, 0.3) is 10.1 Å². The first-order valence-electron chi connectivity index (χ1n) is 14.4. The van der Waals surface area contributed by atoms with Crippen LogP contribution in [-0.2, 0) is 40.0 Å². The van der Waals surface area contributed by atoms with Crippen LogP contribution in [0.1, 0.15) is 35.1 Å². The third-order valence-electron chi connectivity index (χ3n) is 6.12. The first-order valence-corrected chi connectivity index (χ1v) is 16.2. The molecule has 0 radical (unpaired) electrons. The molecule has 0 heterocycles. The second-order valence-electron chi connectivity index (χ2n) is 9.71. The summed E-state index contributed by atoms with van der Waals surface area (Å²) >= 11 is 0. The molecule has 0 bridgehead atoms. The Morgan fingerprint density at radius 2 is 0.951 bits per heavy atom. The molecule has 4 aromatic rings. The van der Waals surface area contributed by atoms with Crippen molar-refractivity contribution < 1.29 is 12.6 Å². The number of rotatable bonds is 14. The SMILES string of the molecule is CS(=O)(=O)OCCCc1ccccc1.NCCc1ccccc1.c1ccc(CCCNCCc2ccccc2)cc1. The molecule has 0 atom stereocenters. The Bertz CT molecular complexity index is 1210. The van der Waals surface area contributed by atoms with Gasteiger partial charge >= 0.3 is 0 Å². The number of hydrogen-bond donors (Lipinski definition) is 2. The Kier molecular flexibility index (Phi) is 17.7. The maximum absolute atomic E-state index is 10.6. The van der Waals surface area contributed by atoms with Gasteiger partial charge in [-0.05, 0) is 80.4 Å². The highest BCUT2D eigenvalue weighted by atomic mass is 32.2. The molecule has 4 rings (SSSR count). The topological polar surface area (TPSA) is 81.4 Å². The quantitative estimate of drug-likeness (QED) is 0.138. The lowest BCUT2D eigenvalue weighted by Gasteiger charge is -2.05. The molecule has 0 aliphatic heterocycles. The largest absolute Gasteiger partial charge is 0.330 e. The molecule has 0 aromatic heterocycles. The number of nitrogens with two attached hydrogens (primary N) is 1. The summed E-state index contributed by atoms with van der Waals surface area (Å²) in [5, 5.41) is 3.50. The lowest BCUT2D eigenvalue weighted by Crippen LogP contribution is -2.18. The summed E-state index contributed by atoms with van der Waals surface area (Å²) in [7, 11) is -3.28. The Balaban J connectivity index is 0.000000228. The molecule has 5 nitrogen and oxygen atoms in total. The summed E-state index contributed by atoms with van der Waals surface area (Å²) in [5.74, 6) is 0. The maximum atomic E-state index is 10.6. The van der Waals surface area contributed by atoms with Crippen LogP contribution in [0.2, 0.25) is 0 Å². The predicted molar refractivity (Wildman–Crippen MR) is 173 cm³/mol. The van der Waals surface area contributed by atoms with Gasteiger partial charge in [-0.2, -0.15) is 8.42 Å². The summed E-state index contributed by atoms with van der Waals surface area (Å²) in [4.78, 5) is 0. The normalized spacial score (nSPS) is 10.6. The molecule has 4 aromatic carbocycles. The zero-order valence-electron chi connectivity index (χ0n) is 24.3. The van der Waals surface area contributed by atoms with Crippen LogP contribution in [0.25, 0.3) is 0 Å². The van der Waals surface area contributed by atoms with E-state index in [2.05, 4.69) is 82.3 Å². The zero-order chi connectivity index (χ0) is 29.4. The van der Waals surface area contributed by atoms with E-state index >= 15 is 0 Å². The van der Waals surface area contributed by atoms with Gasteiger partial charge in [-0.3, -0.25) is 4.18 Å². The van der Waals surface area contributed by atoms with Gasteiger partial charge < -0.3 is 11.1 Å². The molecule has 0 amide bonds. The van der Waals surface area contributed by atoms with E-state index in [1.54, 1.807) is 0 Å². The van der Waals surface area contributed by atoms with E-state index in [1.807, 2.05) is 48.5 Å². The predicted octanol–water partition coefficient (Wildman–Crippen LogP) is 6.23. The summed E-state index contributed by atoms with van der Waals surface area (Å²) in [6.07, 6.45) is 7.11. The van der Waals surface area contributed by atoms with Crippen molar-refractivity contribution in [2.24, 2.45) is 5.73 Å². The minimum Gasteiger partial charge on any atom is -0.330 e. The van der Waals surface area contributed by atoms with Crippen LogP contribution >= 0.6 is 0 Å². The lowest BCUT2D eigenvalue weighted by atomic mass is 10.1. The van der Waals surface area contributed by atoms with E-state index in [9.17, 15) is 8.42 Å². The van der Waals surface area contributed by atoms with E-state index < -0.39 is 10.1 Å². The first kappa shape index (κ1) is 33.9. The fourth-order valence-corrected chi connectivity index (χ4v) is 4.43. The molecule has 0 saturated heterocycles. The van der Waals surface area contributed by atoms with Gasteiger partial charge in [0.2, 0.25) is 0 Å². The Morgan fingerprint density at radius 3 is 1.37 bits per heavy atom. The molecule has 6 heteroatoms. The third-order valence-corrected chi connectivity index (χ3v) is 6.72. The second-order valence-corrected chi connectivity index (χ2v) is 11.4. The van der Waals surface area contributed by atoms with Gasteiger partial charge in [-0.15, -0.1) is 0 Å². The highest BCUT2D eigenvalue weighted by molar-refractivity contribution is 7.85. The number of aryl methyl sites for hydroxylation is 2. The molecular formula is C35H46N2O3S.